The molecular formula is C10H11ClS. The van der Waals surface area contributed by atoms with Gasteiger partial charge in [-0.2, -0.15) is 0 Å². The third kappa shape index (κ3) is 3.33. The van der Waals surface area contributed by atoms with E-state index in [1.54, 1.807) is 11.8 Å². The van der Waals surface area contributed by atoms with Crippen LogP contribution in [0.1, 0.15) is 12.5 Å². The molecule has 0 fully saturated rings. The first-order chi connectivity index (χ1) is 5.83. The van der Waals surface area contributed by atoms with Crippen LogP contribution in [0.4, 0.5) is 0 Å². The Balaban J connectivity index is 2.58. The Labute approximate surface area is 82.6 Å². The summed E-state index contributed by atoms with van der Waals surface area (Å²) >= 11 is 7.54. The number of hydrogen-bond donors (Lipinski definition) is 0. The fraction of sp³-hybridized carbons (Fsp3) is 0.200. The van der Waals surface area contributed by atoms with Crippen molar-refractivity contribution >= 4 is 29.4 Å². The van der Waals surface area contributed by atoms with Crippen molar-refractivity contribution in [2.45, 2.75) is 6.92 Å². The molecule has 64 valence electrons. The van der Waals surface area contributed by atoms with Gasteiger partial charge in [0.25, 0.3) is 0 Å². The summed E-state index contributed by atoms with van der Waals surface area (Å²) in [5.41, 5.74) is 1.19. The van der Waals surface area contributed by atoms with Crippen LogP contribution in [0.3, 0.4) is 0 Å². The minimum Gasteiger partial charge on any atom is -0.134 e. The molecule has 0 saturated heterocycles. The quantitative estimate of drug-likeness (QED) is 0.706. The zero-order chi connectivity index (χ0) is 8.81. The summed E-state index contributed by atoms with van der Waals surface area (Å²) in [7, 11) is 0. The van der Waals surface area contributed by atoms with Gasteiger partial charge in [0.15, 0.2) is 0 Å². The third-order valence-electron chi connectivity index (χ3n) is 1.39. The van der Waals surface area contributed by atoms with E-state index in [1.165, 1.54) is 5.56 Å². The van der Waals surface area contributed by atoms with E-state index < -0.39 is 0 Å². The lowest BCUT2D eigenvalue weighted by Crippen LogP contribution is -1.69. The van der Waals surface area contributed by atoms with Crippen molar-refractivity contribution < 1.29 is 0 Å². The number of halogens is 1. The molecule has 0 heterocycles. The number of hydrogen-bond acceptors (Lipinski definition) is 1. The topological polar surface area (TPSA) is 0 Å². The van der Waals surface area contributed by atoms with Crippen molar-refractivity contribution in [3.63, 3.8) is 0 Å². The molecule has 1 aromatic rings. The van der Waals surface area contributed by atoms with Gasteiger partial charge in [0.05, 0.1) is 0 Å². The average Bonchev–Trinajstić information content (AvgIpc) is 2.09. The Morgan fingerprint density at radius 3 is 2.58 bits per heavy atom. The predicted octanol–water partition coefficient (Wildman–Crippen LogP) is 4.06. The Morgan fingerprint density at radius 1 is 1.33 bits per heavy atom. The second-order valence-electron chi connectivity index (χ2n) is 2.31. The van der Waals surface area contributed by atoms with Crippen molar-refractivity contribution in [2.75, 3.05) is 5.75 Å². The van der Waals surface area contributed by atoms with Gasteiger partial charge in [-0.25, -0.2) is 0 Å². The van der Waals surface area contributed by atoms with Crippen molar-refractivity contribution in [1.29, 1.82) is 0 Å². The van der Waals surface area contributed by atoms with E-state index in [4.69, 9.17) is 11.6 Å². The molecule has 0 bridgehead atoms. The molecule has 1 aromatic carbocycles. The summed E-state index contributed by atoms with van der Waals surface area (Å²) in [6.45, 7) is 2.14. The SMILES string of the molecule is CCS/C=C\c1ccc(Cl)cc1. The number of thioether (sulfide) groups is 1. The molecule has 0 spiro atoms. The van der Waals surface area contributed by atoms with Gasteiger partial charge in [0.2, 0.25) is 0 Å². The highest BCUT2D eigenvalue weighted by Gasteiger charge is 1.86. The van der Waals surface area contributed by atoms with Gasteiger partial charge in [0, 0.05) is 5.02 Å². The molecular weight excluding hydrogens is 188 g/mol. The highest BCUT2D eigenvalue weighted by molar-refractivity contribution is 8.02. The molecule has 0 aliphatic carbocycles. The molecule has 0 radical (unpaired) electrons. The Kier molecular flexibility index (Phi) is 4.26. The maximum Gasteiger partial charge on any atom is 0.0406 e. The first kappa shape index (κ1) is 9.69. The first-order valence-corrected chi connectivity index (χ1v) is 5.29. The number of rotatable bonds is 3. The van der Waals surface area contributed by atoms with Crippen LogP contribution in [-0.4, -0.2) is 5.75 Å². The zero-order valence-electron chi connectivity index (χ0n) is 6.96. The molecule has 0 N–H and O–H groups in total. The van der Waals surface area contributed by atoms with E-state index in [0.29, 0.717) is 0 Å². The Bertz CT molecular complexity index is 251. The van der Waals surface area contributed by atoms with Crippen LogP contribution in [0.5, 0.6) is 0 Å². The second-order valence-corrected chi connectivity index (χ2v) is 3.93. The molecule has 12 heavy (non-hydrogen) atoms. The van der Waals surface area contributed by atoms with E-state index in [-0.39, 0.29) is 0 Å². The fourth-order valence-corrected chi connectivity index (χ4v) is 1.37. The highest BCUT2D eigenvalue weighted by atomic mass is 35.5. The first-order valence-electron chi connectivity index (χ1n) is 3.86. The molecule has 0 saturated carbocycles. The number of benzene rings is 1. The molecule has 0 aliphatic rings. The lowest BCUT2D eigenvalue weighted by molar-refractivity contribution is 1.54. The van der Waals surface area contributed by atoms with Crippen LogP contribution in [0.25, 0.3) is 6.08 Å². The summed E-state index contributed by atoms with van der Waals surface area (Å²) in [5.74, 6) is 1.12. The molecule has 2 heteroatoms. The summed E-state index contributed by atoms with van der Waals surface area (Å²) in [6.07, 6.45) is 2.09. The Hall–Kier alpha value is -0.400. The minimum absolute atomic E-state index is 0.787. The van der Waals surface area contributed by atoms with E-state index in [1.807, 2.05) is 24.3 Å². The smallest absolute Gasteiger partial charge is 0.0406 e. The van der Waals surface area contributed by atoms with Crippen LogP contribution in [0.15, 0.2) is 29.7 Å². The fourth-order valence-electron chi connectivity index (χ4n) is 0.797. The standard InChI is InChI=1S/C10H11ClS/c1-2-12-8-7-9-3-5-10(11)6-4-9/h3-8H,2H2,1H3/b8-7-. The van der Waals surface area contributed by atoms with Gasteiger partial charge in [-0.3, -0.25) is 0 Å². The minimum atomic E-state index is 0.787. The highest BCUT2D eigenvalue weighted by Crippen LogP contribution is 2.12. The van der Waals surface area contributed by atoms with Gasteiger partial charge in [-0.15, -0.1) is 11.8 Å². The van der Waals surface area contributed by atoms with Crippen LogP contribution in [-0.2, 0) is 0 Å². The summed E-state index contributed by atoms with van der Waals surface area (Å²) < 4.78 is 0. The van der Waals surface area contributed by atoms with Crippen molar-refractivity contribution in [3.05, 3.63) is 40.3 Å². The van der Waals surface area contributed by atoms with E-state index in [2.05, 4.69) is 18.4 Å². The van der Waals surface area contributed by atoms with Crippen molar-refractivity contribution in [2.24, 2.45) is 0 Å². The van der Waals surface area contributed by atoms with Gasteiger partial charge in [0.1, 0.15) is 0 Å². The third-order valence-corrected chi connectivity index (χ3v) is 2.31. The van der Waals surface area contributed by atoms with E-state index >= 15 is 0 Å². The van der Waals surface area contributed by atoms with Crippen LogP contribution in [0.2, 0.25) is 5.02 Å². The molecule has 0 atom stereocenters. The monoisotopic (exact) mass is 198 g/mol. The maximum atomic E-state index is 5.74. The lowest BCUT2D eigenvalue weighted by atomic mass is 10.2. The largest absolute Gasteiger partial charge is 0.134 e. The van der Waals surface area contributed by atoms with E-state index in [0.717, 1.165) is 10.8 Å². The predicted molar refractivity (Wildman–Crippen MR) is 58.6 cm³/mol. The maximum absolute atomic E-state index is 5.74. The summed E-state index contributed by atoms with van der Waals surface area (Å²) in [5, 5.41) is 2.89. The van der Waals surface area contributed by atoms with Gasteiger partial charge in [-0.05, 0) is 34.9 Å². The van der Waals surface area contributed by atoms with Crippen LogP contribution >= 0.6 is 23.4 Å². The normalized spacial score (nSPS) is 10.8. The van der Waals surface area contributed by atoms with Crippen LogP contribution in [0, 0.1) is 0 Å². The second kappa shape index (κ2) is 5.28. The molecule has 0 nitrogen and oxygen atoms in total. The van der Waals surface area contributed by atoms with Gasteiger partial charge < -0.3 is 0 Å². The molecule has 1 rings (SSSR count). The molecule has 0 aliphatic heterocycles. The van der Waals surface area contributed by atoms with E-state index in [9.17, 15) is 0 Å². The summed E-state index contributed by atoms with van der Waals surface area (Å²) in [6, 6.07) is 7.82. The van der Waals surface area contributed by atoms with Crippen LogP contribution < -0.4 is 0 Å². The lowest BCUT2D eigenvalue weighted by Gasteiger charge is -1.92. The summed E-state index contributed by atoms with van der Waals surface area (Å²) in [4.78, 5) is 0. The average molecular weight is 199 g/mol. The van der Waals surface area contributed by atoms with Gasteiger partial charge >= 0.3 is 0 Å². The molecule has 0 aromatic heterocycles. The van der Waals surface area contributed by atoms with Gasteiger partial charge in [-0.1, -0.05) is 30.7 Å². The molecule has 0 amide bonds. The zero-order valence-corrected chi connectivity index (χ0v) is 8.53. The van der Waals surface area contributed by atoms with Crippen molar-refractivity contribution in [1.82, 2.24) is 0 Å². The van der Waals surface area contributed by atoms with Crippen molar-refractivity contribution in [3.8, 4) is 0 Å². The molecule has 0 unspecified atom stereocenters. The Morgan fingerprint density at radius 2 is 2.00 bits per heavy atom.